The molecule has 22 heavy (non-hydrogen) atoms. The van der Waals surface area contributed by atoms with Gasteiger partial charge in [-0.3, -0.25) is 0 Å². The molecule has 0 saturated carbocycles. The molecule has 7 heteroatoms. The Bertz CT molecular complexity index is 736. The molecule has 0 aliphatic heterocycles. The Kier molecular flexibility index (Phi) is 4.67. The molecule has 0 atom stereocenters. The van der Waals surface area contributed by atoms with Crippen LogP contribution in [0.5, 0.6) is 0 Å². The molecule has 1 N–H and O–H groups in total. The number of thiazole rings is 1. The summed E-state index contributed by atoms with van der Waals surface area (Å²) in [5, 5.41) is 4.06. The molecule has 114 valence electrons. The smallest absolute Gasteiger partial charge is 0.348 e. The van der Waals surface area contributed by atoms with Gasteiger partial charge in [0.05, 0.1) is 11.3 Å². The number of hydrogen-bond acceptors (Lipinski definition) is 7. The van der Waals surface area contributed by atoms with Gasteiger partial charge in [0.15, 0.2) is 5.13 Å². The molecule has 0 bridgehead atoms. The maximum absolute atomic E-state index is 11.9. The summed E-state index contributed by atoms with van der Waals surface area (Å²) in [5.74, 6) is -0.329. The van der Waals surface area contributed by atoms with Gasteiger partial charge >= 0.3 is 5.97 Å². The number of para-hydroxylation sites is 1. The summed E-state index contributed by atoms with van der Waals surface area (Å²) < 4.78 is 10.9. The minimum Gasteiger partial charge on any atom is -0.459 e. The Labute approximate surface area is 135 Å². The molecule has 3 rings (SSSR count). The van der Waals surface area contributed by atoms with Crippen molar-refractivity contribution in [3.05, 3.63) is 41.3 Å². The standard InChI is InChI=1S/C15H14N2O3S2/c1-19-7-8-20-14(18)12-9-11-13(21-12)17-15(22-11)16-10-5-3-2-4-6-10/h2-6,9H,7-8H2,1H3,(H,16,17). The summed E-state index contributed by atoms with van der Waals surface area (Å²) in [6, 6.07) is 11.7. The lowest BCUT2D eigenvalue weighted by Crippen LogP contribution is -2.08. The summed E-state index contributed by atoms with van der Waals surface area (Å²) in [6.07, 6.45) is 0. The first kappa shape index (κ1) is 15.0. The Morgan fingerprint density at radius 1 is 1.23 bits per heavy atom. The summed E-state index contributed by atoms with van der Waals surface area (Å²) in [6.45, 7) is 0.657. The average molecular weight is 334 g/mol. The highest BCUT2D eigenvalue weighted by molar-refractivity contribution is 7.29. The van der Waals surface area contributed by atoms with E-state index in [1.165, 1.54) is 22.7 Å². The van der Waals surface area contributed by atoms with Gasteiger partial charge in [0.25, 0.3) is 0 Å². The van der Waals surface area contributed by atoms with Gasteiger partial charge in [-0.25, -0.2) is 9.78 Å². The number of methoxy groups -OCH3 is 1. The fourth-order valence-corrected chi connectivity index (χ4v) is 3.85. The van der Waals surface area contributed by atoms with E-state index in [-0.39, 0.29) is 12.6 Å². The van der Waals surface area contributed by atoms with Crippen molar-refractivity contribution in [2.24, 2.45) is 0 Å². The van der Waals surface area contributed by atoms with Crippen molar-refractivity contribution in [2.45, 2.75) is 0 Å². The normalized spacial score (nSPS) is 10.8. The van der Waals surface area contributed by atoms with Gasteiger partial charge in [0.1, 0.15) is 16.3 Å². The van der Waals surface area contributed by atoms with Crippen LogP contribution in [0.25, 0.3) is 9.53 Å². The topological polar surface area (TPSA) is 60.5 Å². The molecule has 0 spiro atoms. The zero-order valence-electron chi connectivity index (χ0n) is 11.9. The fourth-order valence-electron chi connectivity index (χ4n) is 1.82. The van der Waals surface area contributed by atoms with Crippen molar-refractivity contribution in [1.82, 2.24) is 4.98 Å². The second kappa shape index (κ2) is 6.87. The molecule has 0 saturated heterocycles. The number of fused-ring (bicyclic) bond motifs is 1. The van der Waals surface area contributed by atoms with Gasteiger partial charge in [-0.1, -0.05) is 29.5 Å². The summed E-state index contributed by atoms with van der Waals surface area (Å²) >= 11 is 2.85. The predicted octanol–water partition coefficient (Wildman–Crippen LogP) is 3.90. The molecule has 0 amide bonds. The van der Waals surface area contributed by atoms with E-state index in [9.17, 15) is 4.79 Å². The average Bonchev–Trinajstić information content (AvgIpc) is 3.07. The van der Waals surface area contributed by atoms with Gasteiger partial charge in [-0.05, 0) is 18.2 Å². The monoisotopic (exact) mass is 334 g/mol. The van der Waals surface area contributed by atoms with Crippen LogP contribution in [-0.4, -0.2) is 31.3 Å². The first-order valence-corrected chi connectivity index (χ1v) is 8.28. The van der Waals surface area contributed by atoms with E-state index in [1.807, 2.05) is 36.4 Å². The van der Waals surface area contributed by atoms with E-state index in [0.29, 0.717) is 11.5 Å². The molecule has 1 aromatic carbocycles. The third-order valence-electron chi connectivity index (χ3n) is 2.84. The number of carbonyl (C=O) groups is 1. The highest BCUT2D eigenvalue weighted by Gasteiger charge is 2.15. The number of nitrogens with zero attached hydrogens (tertiary/aromatic N) is 1. The molecular weight excluding hydrogens is 320 g/mol. The van der Waals surface area contributed by atoms with Crippen LogP contribution in [0, 0.1) is 0 Å². The van der Waals surface area contributed by atoms with Gasteiger partial charge in [-0.2, -0.15) is 0 Å². The third kappa shape index (κ3) is 3.44. The Balaban J connectivity index is 1.70. The van der Waals surface area contributed by atoms with Gasteiger partial charge in [-0.15, -0.1) is 11.3 Å². The molecule has 0 aliphatic carbocycles. The van der Waals surface area contributed by atoms with Gasteiger partial charge < -0.3 is 14.8 Å². The number of rotatable bonds is 6. The highest BCUT2D eigenvalue weighted by atomic mass is 32.1. The predicted molar refractivity (Wildman–Crippen MR) is 89.4 cm³/mol. The van der Waals surface area contributed by atoms with Crippen molar-refractivity contribution in [2.75, 3.05) is 25.6 Å². The van der Waals surface area contributed by atoms with E-state index in [2.05, 4.69) is 10.3 Å². The van der Waals surface area contributed by atoms with Crippen LogP contribution in [0.15, 0.2) is 36.4 Å². The minimum absolute atomic E-state index is 0.259. The zero-order valence-corrected chi connectivity index (χ0v) is 13.5. The molecule has 2 aromatic heterocycles. The number of benzene rings is 1. The van der Waals surface area contributed by atoms with Crippen molar-refractivity contribution >= 4 is 49.0 Å². The molecule has 0 aliphatic rings. The van der Waals surface area contributed by atoms with E-state index < -0.39 is 0 Å². The number of carbonyl (C=O) groups excluding carboxylic acids is 1. The van der Waals surface area contributed by atoms with E-state index in [1.54, 1.807) is 7.11 Å². The van der Waals surface area contributed by atoms with Crippen LogP contribution in [0.2, 0.25) is 0 Å². The number of esters is 1. The Morgan fingerprint density at radius 2 is 2.05 bits per heavy atom. The van der Waals surface area contributed by atoms with Gasteiger partial charge in [0.2, 0.25) is 0 Å². The molecule has 0 unspecified atom stereocenters. The van der Waals surface area contributed by atoms with E-state index in [0.717, 1.165) is 20.3 Å². The molecular formula is C15H14N2O3S2. The number of anilines is 2. The summed E-state index contributed by atoms with van der Waals surface area (Å²) in [7, 11) is 1.57. The lowest BCUT2D eigenvalue weighted by molar-refractivity contribution is 0.0393. The number of ether oxygens (including phenoxy) is 2. The summed E-state index contributed by atoms with van der Waals surface area (Å²) in [5.41, 5.74) is 0.989. The number of aromatic nitrogens is 1. The SMILES string of the molecule is COCCOC(=O)c1cc2sc(Nc3ccccc3)nc2s1. The summed E-state index contributed by atoms with van der Waals surface area (Å²) in [4.78, 5) is 17.8. The quantitative estimate of drug-likeness (QED) is 0.547. The van der Waals surface area contributed by atoms with Crippen LogP contribution < -0.4 is 5.32 Å². The molecule has 2 heterocycles. The molecule has 0 fully saturated rings. The van der Waals surface area contributed by atoms with E-state index >= 15 is 0 Å². The van der Waals surface area contributed by atoms with Crippen LogP contribution >= 0.6 is 22.7 Å². The molecule has 3 aromatic rings. The largest absolute Gasteiger partial charge is 0.459 e. The Morgan fingerprint density at radius 3 is 2.77 bits per heavy atom. The first-order chi connectivity index (χ1) is 10.8. The fraction of sp³-hybridized carbons (Fsp3) is 0.200. The number of hydrogen-bond donors (Lipinski definition) is 1. The molecule has 5 nitrogen and oxygen atoms in total. The second-order valence-electron chi connectivity index (χ2n) is 4.42. The van der Waals surface area contributed by atoms with Crippen LogP contribution in [-0.2, 0) is 9.47 Å². The van der Waals surface area contributed by atoms with Crippen molar-refractivity contribution in [1.29, 1.82) is 0 Å². The number of thiophene rings is 1. The maximum Gasteiger partial charge on any atom is 0.348 e. The lowest BCUT2D eigenvalue weighted by Gasteiger charge is -2.01. The van der Waals surface area contributed by atoms with Crippen LogP contribution in [0.4, 0.5) is 10.8 Å². The lowest BCUT2D eigenvalue weighted by atomic mass is 10.3. The van der Waals surface area contributed by atoms with Crippen molar-refractivity contribution in [3.63, 3.8) is 0 Å². The molecule has 0 radical (unpaired) electrons. The first-order valence-electron chi connectivity index (χ1n) is 6.65. The second-order valence-corrected chi connectivity index (χ2v) is 6.48. The van der Waals surface area contributed by atoms with Crippen molar-refractivity contribution in [3.8, 4) is 0 Å². The third-order valence-corrected chi connectivity index (χ3v) is 4.89. The van der Waals surface area contributed by atoms with Crippen LogP contribution in [0.1, 0.15) is 9.67 Å². The number of nitrogens with one attached hydrogen (secondary N) is 1. The minimum atomic E-state index is -0.329. The highest BCUT2D eigenvalue weighted by Crippen LogP contribution is 2.34. The van der Waals surface area contributed by atoms with Gasteiger partial charge in [0, 0.05) is 12.8 Å². The zero-order chi connectivity index (χ0) is 15.4. The van der Waals surface area contributed by atoms with Crippen LogP contribution in [0.3, 0.4) is 0 Å². The Hall–Kier alpha value is -1.96. The maximum atomic E-state index is 11.9. The van der Waals surface area contributed by atoms with Crippen molar-refractivity contribution < 1.29 is 14.3 Å². The van der Waals surface area contributed by atoms with E-state index in [4.69, 9.17) is 9.47 Å².